The number of aliphatic hydroxyl groups is 1. The van der Waals surface area contributed by atoms with Crippen molar-refractivity contribution in [3.05, 3.63) is 0 Å². The highest BCUT2D eigenvalue weighted by Crippen LogP contribution is 2.21. The van der Waals surface area contributed by atoms with E-state index in [9.17, 15) is 9.90 Å². The lowest BCUT2D eigenvalue weighted by atomic mass is 9.87. The van der Waals surface area contributed by atoms with Gasteiger partial charge in [-0.3, -0.25) is 0 Å². The number of piperidine rings is 1. The summed E-state index contributed by atoms with van der Waals surface area (Å²) >= 11 is 0. The molecule has 20 heavy (non-hydrogen) atoms. The summed E-state index contributed by atoms with van der Waals surface area (Å²) in [5, 5.41) is 12.4. The van der Waals surface area contributed by atoms with E-state index >= 15 is 0 Å². The maximum absolute atomic E-state index is 12.2. The Morgan fingerprint density at radius 1 is 1.55 bits per heavy atom. The number of aliphatic hydroxyl groups excluding tert-OH is 1. The molecule has 0 aromatic rings. The van der Waals surface area contributed by atoms with Crippen molar-refractivity contribution >= 4 is 6.03 Å². The Labute approximate surface area is 122 Å². The molecule has 1 aliphatic heterocycles. The fourth-order valence-electron chi connectivity index (χ4n) is 2.79. The van der Waals surface area contributed by atoms with Crippen molar-refractivity contribution in [2.45, 2.75) is 59.2 Å². The fourth-order valence-corrected chi connectivity index (χ4v) is 2.79. The standard InChI is InChI=1S/C15H30N2O3/c1-5-20-13-7-6-8-17(10-13)14(19)16-11-15(3,4)9-12(2)18/h12-13,18H,5-11H2,1-4H3,(H,16,19). The summed E-state index contributed by atoms with van der Waals surface area (Å²) in [6, 6.07) is -0.0203. The van der Waals surface area contributed by atoms with Gasteiger partial charge in [-0.15, -0.1) is 0 Å². The van der Waals surface area contributed by atoms with Crippen LogP contribution in [0.25, 0.3) is 0 Å². The predicted octanol–water partition coefficient (Wildman–Crippen LogP) is 1.99. The molecule has 1 rings (SSSR count). The van der Waals surface area contributed by atoms with Crippen molar-refractivity contribution in [1.29, 1.82) is 0 Å². The summed E-state index contributed by atoms with van der Waals surface area (Å²) in [5.41, 5.74) is -0.0983. The first-order chi connectivity index (χ1) is 9.34. The molecule has 1 heterocycles. The van der Waals surface area contributed by atoms with Crippen molar-refractivity contribution in [3.63, 3.8) is 0 Å². The zero-order valence-electron chi connectivity index (χ0n) is 13.3. The van der Waals surface area contributed by atoms with Crippen LogP contribution in [0.4, 0.5) is 4.79 Å². The van der Waals surface area contributed by atoms with E-state index in [1.54, 1.807) is 6.92 Å². The van der Waals surface area contributed by atoms with Crippen LogP contribution in [0.2, 0.25) is 0 Å². The molecule has 1 aliphatic rings. The highest BCUT2D eigenvalue weighted by molar-refractivity contribution is 5.74. The third kappa shape index (κ3) is 6.09. The van der Waals surface area contributed by atoms with Gasteiger partial charge in [-0.05, 0) is 38.5 Å². The summed E-state index contributed by atoms with van der Waals surface area (Å²) in [6.07, 6.45) is 2.53. The second-order valence-corrected chi connectivity index (χ2v) is 6.54. The highest BCUT2D eigenvalue weighted by Gasteiger charge is 2.26. The first kappa shape index (κ1) is 17.2. The number of hydrogen-bond donors (Lipinski definition) is 2. The van der Waals surface area contributed by atoms with Gasteiger partial charge in [-0.2, -0.15) is 0 Å². The van der Waals surface area contributed by atoms with Gasteiger partial charge in [-0.1, -0.05) is 13.8 Å². The van der Waals surface area contributed by atoms with Crippen LogP contribution in [0, 0.1) is 5.41 Å². The van der Waals surface area contributed by atoms with Gasteiger partial charge in [0.1, 0.15) is 0 Å². The average molecular weight is 286 g/mol. The quantitative estimate of drug-likeness (QED) is 0.785. The van der Waals surface area contributed by atoms with Crippen LogP contribution in [0.5, 0.6) is 0 Å². The summed E-state index contributed by atoms with van der Waals surface area (Å²) < 4.78 is 5.61. The number of hydrogen-bond acceptors (Lipinski definition) is 3. The lowest BCUT2D eigenvalue weighted by molar-refractivity contribution is 0.0160. The van der Waals surface area contributed by atoms with Crippen LogP contribution in [0.1, 0.15) is 47.0 Å². The average Bonchev–Trinajstić information content (AvgIpc) is 2.35. The van der Waals surface area contributed by atoms with E-state index in [-0.39, 0.29) is 23.7 Å². The van der Waals surface area contributed by atoms with Gasteiger partial charge < -0.3 is 20.1 Å². The minimum absolute atomic E-state index is 0.0203. The second-order valence-electron chi connectivity index (χ2n) is 6.54. The van der Waals surface area contributed by atoms with Crippen LogP contribution >= 0.6 is 0 Å². The molecule has 0 spiro atoms. The molecule has 0 bridgehead atoms. The summed E-state index contributed by atoms with van der Waals surface area (Å²) in [5.74, 6) is 0. The van der Waals surface area contributed by atoms with Gasteiger partial charge in [0.15, 0.2) is 0 Å². The Morgan fingerprint density at radius 2 is 2.25 bits per heavy atom. The van der Waals surface area contributed by atoms with Gasteiger partial charge >= 0.3 is 6.03 Å². The Morgan fingerprint density at radius 3 is 2.85 bits per heavy atom. The van der Waals surface area contributed by atoms with Gasteiger partial charge in [0, 0.05) is 26.2 Å². The van der Waals surface area contributed by atoms with Crippen LogP contribution < -0.4 is 5.32 Å². The maximum Gasteiger partial charge on any atom is 0.317 e. The van der Waals surface area contributed by atoms with Crippen LogP contribution in [0.3, 0.4) is 0 Å². The Bertz CT molecular complexity index is 303. The molecule has 0 aromatic heterocycles. The van der Waals surface area contributed by atoms with Crippen molar-refractivity contribution in [2.24, 2.45) is 5.41 Å². The largest absolute Gasteiger partial charge is 0.393 e. The molecule has 0 radical (unpaired) electrons. The van der Waals surface area contributed by atoms with E-state index < -0.39 is 0 Å². The van der Waals surface area contributed by atoms with Crippen LogP contribution in [0.15, 0.2) is 0 Å². The molecule has 0 aromatic carbocycles. The fraction of sp³-hybridized carbons (Fsp3) is 0.933. The number of ether oxygens (including phenoxy) is 1. The SMILES string of the molecule is CCOC1CCCN(C(=O)NCC(C)(C)CC(C)O)C1. The molecule has 2 amide bonds. The smallest absolute Gasteiger partial charge is 0.317 e. The zero-order chi connectivity index (χ0) is 15.2. The van der Waals surface area contributed by atoms with Crippen LogP contribution in [-0.4, -0.2) is 54.5 Å². The maximum atomic E-state index is 12.2. The lowest BCUT2D eigenvalue weighted by Gasteiger charge is -2.34. The molecule has 1 fully saturated rings. The second kappa shape index (κ2) is 7.84. The first-order valence-corrected chi connectivity index (χ1v) is 7.66. The van der Waals surface area contributed by atoms with Gasteiger partial charge in [0.25, 0.3) is 0 Å². The number of rotatable bonds is 6. The number of amides is 2. The number of likely N-dealkylation sites (tertiary alicyclic amines) is 1. The van der Waals surface area contributed by atoms with Crippen LogP contribution in [-0.2, 0) is 4.74 Å². The normalized spacial score (nSPS) is 21.6. The lowest BCUT2D eigenvalue weighted by Crippen LogP contribution is -2.49. The molecule has 2 unspecified atom stereocenters. The molecule has 1 saturated heterocycles. The molecule has 118 valence electrons. The monoisotopic (exact) mass is 286 g/mol. The van der Waals surface area contributed by atoms with Crippen molar-refractivity contribution in [1.82, 2.24) is 10.2 Å². The first-order valence-electron chi connectivity index (χ1n) is 7.66. The Kier molecular flexibility index (Phi) is 6.76. The summed E-state index contributed by atoms with van der Waals surface area (Å²) in [7, 11) is 0. The molecule has 2 N–H and O–H groups in total. The van der Waals surface area contributed by atoms with Gasteiger partial charge in [0.05, 0.1) is 12.2 Å². The van der Waals surface area contributed by atoms with Crippen molar-refractivity contribution < 1.29 is 14.6 Å². The Hall–Kier alpha value is -0.810. The zero-order valence-corrected chi connectivity index (χ0v) is 13.3. The number of carbonyl (C=O) groups is 1. The number of urea groups is 1. The molecular formula is C15H30N2O3. The molecule has 2 atom stereocenters. The molecule has 0 aliphatic carbocycles. The highest BCUT2D eigenvalue weighted by atomic mass is 16.5. The van der Waals surface area contributed by atoms with E-state index in [0.29, 0.717) is 26.1 Å². The topological polar surface area (TPSA) is 61.8 Å². The van der Waals surface area contributed by atoms with E-state index in [0.717, 1.165) is 19.4 Å². The summed E-state index contributed by atoms with van der Waals surface area (Å²) in [6.45, 7) is 10.6. The van der Waals surface area contributed by atoms with Gasteiger partial charge in [0.2, 0.25) is 0 Å². The predicted molar refractivity (Wildman–Crippen MR) is 79.7 cm³/mol. The van der Waals surface area contributed by atoms with Crippen molar-refractivity contribution in [3.8, 4) is 0 Å². The third-order valence-corrected chi connectivity index (χ3v) is 3.63. The van der Waals surface area contributed by atoms with Crippen molar-refractivity contribution in [2.75, 3.05) is 26.2 Å². The number of carbonyl (C=O) groups excluding carboxylic acids is 1. The molecular weight excluding hydrogens is 256 g/mol. The molecule has 0 saturated carbocycles. The Balaban J connectivity index is 2.38. The number of nitrogens with one attached hydrogen (secondary N) is 1. The van der Waals surface area contributed by atoms with E-state index in [2.05, 4.69) is 19.2 Å². The van der Waals surface area contributed by atoms with Gasteiger partial charge in [-0.25, -0.2) is 4.79 Å². The minimum atomic E-state index is -0.348. The van der Waals surface area contributed by atoms with E-state index in [1.165, 1.54) is 0 Å². The molecule has 5 heteroatoms. The third-order valence-electron chi connectivity index (χ3n) is 3.63. The summed E-state index contributed by atoms with van der Waals surface area (Å²) in [4.78, 5) is 14.0. The minimum Gasteiger partial charge on any atom is -0.393 e. The van der Waals surface area contributed by atoms with E-state index in [1.807, 2.05) is 11.8 Å². The number of nitrogens with zero attached hydrogens (tertiary/aromatic N) is 1. The van der Waals surface area contributed by atoms with E-state index in [4.69, 9.17) is 4.74 Å². The molecule has 5 nitrogen and oxygen atoms in total.